The van der Waals surface area contributed by atoms with Crippen LogP contribution in [0.1, 0.15) is 30.1 Å². The second-order valence-corrected chi connectivity index (χ2v) is 6.12. The van der Waals surface area contributed by atoms with Crippen molar-refractivity contribution in [1.29, 1.82) is 0 Å². The zero-order valence-electron chi connectivity index (χ0n) is 12.0. The van der Waals surface area contributed by atoms with Gasteiger partial charge in [-0.1, -0.05) is 25.1 Å². The highest BCUT2D eigenvalue weighted by molar-refractivity contribution is 7.19. The molecular formula is C15H19N5S. The molecule has 0 saturated carbocycles. The fourth-order valence-electron chi connectivity index (χ4n) is 2.44. The fourth-order valence-corrected chi connectivity index (χ4v) is 3.57. The van der Waals surface area contributed by atoms with Crippen molar-refractivity contribution in [2.75, 3.05) is 0 Å². The molecule has 0 fully saturated rings. The lowest BCUT2D eigenvalue weighted by Gasteiger charge is -2.14. The minimum absolute atomic E-state index is 0.0576. The molecule has 110 valence electrons. The van der Waals surface area contributed by atoms with Crippen LogP contribution in [0.25, 0.3) is 10.1 Å². The van der Waals surface area contributed by atoms with Crippen molar-refractivity contribution in [3.05, 3.63) is 47.4 Å². The molecule has 1 atom stereocenters. The first-order valence-corrected chi connectivity index (χ1v) is 7.94. The Morgan fingerprint density at radius 1 is 1.38 bits per heavy atom. The maximum atomic E-state index is 5.77. The van der Waals surface area contributed by atoms with Crippen molar-refractivity contribution in [1.82, 2.24) is 20.2 Å². The monoisotopic (exact) mass is 301 g/mol. The van der Waals surface area contributed by atoms with Crippen LogP contribution in [0.3, 0.4) is 0 Å². The molecule has 21 heavy (non-hydrogen) atoms. The first-order chi connectivity index (χ1) is 10.3. The molecule has 0 radical (unpaired) electrons. The number of nitrogens with two attached hydrogens (primary N) is 1. The van der Waals surface area contributed by atoms with E-state index in [1.54, 1.807) is 17.7 Å². The van der Waals surface area contributed by atoms with Gasteiger partial charge in [0.05, 0.1) is 6.04 Å². The predicted molar refractivity (Wildman–Crippen MR) is 85.9 cm³/mol. The number of benzene rings is 1. The molecular weight excluding hydrogens is 282 g/mol. The van der Waals surface area contributed by atoms with Crippen molar-refractivity contribution in [2.45, 2.75) is 32.4 Å². The van der Waals surface area contributed by atoms with E-state index < -0.39 is 0 Å². The average molecular weight is 301 g/mol. The van der Waals surface area contributed by atoms with Crippen LogP contribution in [0.15, 0.2) is 36.7 Å². The first-order valence-electron chi connectivity index (χ1n) is 7.13. The van der Waals surface area contributed by atoms with E-state index in [4.69, 9.17) is 5.84 Å². The average Bonchev–Trinajstić information content (AvgIpc) is 3.11. The summed E-state index contributed by atoms with van der Waals surface area (Å²) in [5, 5.41) is 5.53. The van der Waals surface area contributed by atoms with Gasteiger partial charge >= 0.3 is 0 Å². The Labute approximate surface area is 127 Å². The normalized spacial score (nSPS) is 12.9. The number of nitrogens with zero attached hydrogens (tertiary/aromatic N) is 3. The number of hydrogen-bond acceptors (Lipinski definition) is 5. The smallest absolute Gasteiger partial charge is 0.138 e. The molecule has 2 heterocycles. The Bertz CT molecular complexity index is 685. The summed E-state index contributed by atoms with van der Waals surface area (Å²) < 4.78 is 3.24. The maximum absolute atomic E-state index is 5.77. The van der Waals surface area contributed by atoms with E-state index in [1.807, 2.05) is 4.68 Å². The number of aryl methyl sites for hydroxylation is 1. The quantitative estimate of drug-likeness (QED) is 0.542. The van der Waals surface area contributed by atoms with Crippen LogP contribution in [0.2, 0.25) is 0 Å². The molecule has 2 aromatic heterocycles. The van der Waals surface area contributed by atoms with Crippen LogP contribution in [0, 0.1) is 0 Å². The van der Waals surface area contributed by atoms with E-state index in [2.05, 4.69) is 52.8 Å². The summed E-state index contributed by atoms with van der Waals surface area (Å²) in [4.78, 5) is 5.59. The van der Waals surface area contributed by atoms with Gasteiger partial charge < -0.3 is 0 Å². The Kier molecular flexibility index (Phi) is 4.28. The predicted octanol–water partition coefficient (Wildman–Crippen LogP) is 2.65. The number of thiophene rings is 1. The maximum Gasteiger partial charge on any atom is 0.138 e. The Hall–Kier alpha value is -1.76. The number of nitrogens with one attached hydrogen (secondary N) is 1. The molecule has 3 aromatic rings. The van der Waals surface area contributed by atoms with Crippen LogP contribution in [-0.4, -0.2) is 14.8 Å². The number of rotatable bonds is 6. The molecule has 0 spiro atoms. The fraction of sp³-hybridized carbons (Fsp3) is 0.333. The molecule has 0 aliphatic heterocycles. The molecule has 3 rings (SSSR count). The van der Waals surface area contributed by atoms with Crippen LogP contribution in [0.5, 0.6) is 0 Å². The van der Waals surface area contributed by atoms with Gasteiger partial charge in [0, 0.05) is 22.5 Å². The van der Waals surface area contributed by atoms with Crippen molar-refractivity contribution in [3.63, 3.8) is 0 Å². The van der Waals surface area contributed by atoms with Gasteiger partial charge in [-0.2, -0.15) is 5.10 Å². The van der Waals surface area contributed by atoms with Crippen LogP contribution >= 0.6 is 11.3 Å². The zero-order valence-corrected chi connectivity index (χ0v) is 12.8. The topological polar surface area (TPSA) is 68.8 Å². The standard InChI is InChI=1S/C15H19N5S/c1-2-7-20-15(17-10-18-20)9-12(19-16)14-8-11-5-3-4-6-13(11)21-14/h3-6,8,10,12,19H,2,7,9,16H2,1H3. The highest BCUT2D eigenvalue weighted by Gasteiger charge is 2.17. The number of aromatic nitrogens is 3. The molecule has 1 unspecified atom stereocenters. The Morgan fingerprint density at radius 2 is 2.24 bits per heavy atom. The summed E-state index contributed by atoms with van der Waals surface area (Å²) >= 11 is 1.77. The van der Waals surface area contributed by atoms with Gasteiger partial charge in [-0.25, -0.2) is 4.98 Å². The summed E-state index contributed by atoms with van der Waals surface area (Å²) in [6, 6.07) is 10.6. The molecule has 3 N–H and O–H groups in total. The summed E-state index contributed by atoms with van der Waals surface area (Å²) in [5.41, 5.74) is 2.92. The molecule has 5 nitrogen and oxygen atoms in total. The van der Waals surface area contributed by atoms with Gasteiger partial charge in [-0.3, -0.25) is 16.0 Å². The van der Waals surface area contributed by atoms with E-state index >= 15 is 0 Å². The highest BCUT2D eigenvalue weighted by Crippen LogP contribution is 2.30. The number of hydrazine groups is 1. The minimum atomic E-state index is 0.0576. The summed E-state index contributed by atoms with van der Waals surface area (Å²) in [6.45, 7) is 3.02. The molecule has 0 aliphatic rings. The van der Waals surface area contributed by atoms with E-state index in [-0.39, 0.29) is 6.04 Å². The van der Waals surface area contributed by atoms with Crippen LogP contribution < -0.4 is 11.3 Å². The van der Waals surface area contributed by atoms with Crippen LogP contribution in [0.4, 0.5) is 0 Å². The van der Waals surface area contributed by atoms with E-state index in [0.717, 1.165) is 25.2 Å². The molecule has 0 bridgehead atoms. The van der Waals surface area contributed by atoms with E-state index in [0.29, 0.717) is 0 Å². The van der Waals surface area contributed by atoms with Crippen molar-refractivity contribution in [3.8, 4) is 0 Å². The van der Waals surface area contributed by atoms with Gasteiger partial charge in [0.1, 0.15) is 12.2 Å². The molecule has 0 amide bonds. The van der Waals surface area contributed by atoms with Gasteiger partial charge in [-0.05, 0) is 23.9 Å². The second kappa shape index (κ2) is 6.34. The molecule has 0 saturated heterocycles. The number of hydrogen-bond donors (Lipinski definition) is 2. The lowest BCUT2D eigenvalue weighted by molar-refractivity contribution is 0.504. The van der Waals surface area contributed by atoms with Gasteiger partial charge in [0.25, 0.3) is 0 Å². The van der Waals surface area contributed by atoms with E-state index in [9.17, 15) is 0 Å². The molecule has 0 aliphatic carbocycles. The van der Waals surface area contributed by atoms with Gasteiger partial charge in [0.2, 0.25) is 0 Å². The van der Waals surface area contributed by atoms with Crippen LogP contribution in [-0.2, 0) is 13.0 Å². The summed E-state index contributed by atoms with van der Waals surface area (Å²) in [6.07, 6.45) is 3.40. The third kappa shape index (κ3) is 2.97. The van der Waals surface area contributed by atoms with E-state index in [1.165, 1.54) is 15.0 Å². The SMILES string of the molecule is CCCn1ncnc1CC(NN)c1cc2ccccc2s1. The Morgan fingerprint density at radius 3 is 3.00 bits per heavy atom. The number of fused-ring (bicyclic) bond motifs is 1. The van der Waals surface area contributed by atoms with Gasteiger partial charge in [-0.15, -0.1) is 11.3 Å². The third-order valence-corrected chi connectivity index (χ3v) is 4.74. The highest BCUT2D eigenvalue weighted by atomic mass is 32.1. The first kappa shape index (κ1) is 14.2. The van der Waals surface area contributed by atoms with Crippen molar-refractivity contribution in [2.24, 2.45) is 5.84 Å². The van der Waals surface area contributed by atoms with Crippen molar-refractivity contribution < 1.29 is 0 Å². The lowest BCUT2D eigenvalue weighted by Crippen LogP contribution is -2.30. The minimum Gasteiger partial charge on any atom is -0.271 e. The summed E-state index contributed by atoms with van der Waals surface area (Å²) in [5.74, 6) is 6.74. The Balaban J connectivity index is 1.85. The second-order valence-electron chi connectivity index (χ2n) is 5.01. The lowest BCUT2D eigenvalue weighted by atomic mass is 10.1. The third-order valence-electron chi connectivity index (χ3n) is 3.51. The zero-order chi connectivity index (χ0) is 14.7. The summed E-state index contributed by atoms with van der Waals surface area (Å²) in [7, 11) is 0. The van der Waals surface area contributed by atoms with Crippen molar-refractivity contribution >= 4 is 21.4 Å². The largest absolute Gasteiger partial charge is 0.271 e. The molecule has 6 heteroatoms. The molecule has 1 aromatic carbocycles. The van der Waals surface area contributed by atoms with Gasteiger partial charge in [0.15, 0.2) is 0 Å².